The van der Waals surface area contributed by atoms with Crippen molar-refractivity contribution in [3.8, 4) is 0 Å². The van der Waals surface area contributed by atoms with Crippen LogP contribution in [0.2, 0.25) is 0 Å². The van der Waals surface area contributed by atoms with Gasteiger partial charge >= 0.3 is 0 Å². The van der Waals surface area contributed by atoms with E-state index >= 15 is 0 Å². The van der Waals surface area contributed by atoms with Gasteiger partial charge in [-0.1, -0.05) is 178 Å². The Bertz CT molecular complexity index is 3270. The van der Waals surface area contributed by atoms with Gasteiger partial charge in [0.1, 0.15) is 0 Å². The van der Waals surface area contributed by atoms with Crippen molar-refractivity contribution in [2.45, 2.75) is 95.5 Å². The molecule has 0 bridgehead atoms. The highest BCUT2D eigenvalue weighted by molar-refractivity contribution is 7.99. The van der Waals surface area contributed by atoms with Crippen LogP contribution in [0.4, 0.5) is 0 Å². The molecule has 8 nitrogen and oxygen atoms in total. The van der Waals surface area contributed by atoms with Crippen LogP contribution in [-0.4, -0.2) is 89.1 Å². The van der Waals surface area contributed by atoms with Gasteiger partial charge in [0.25, 0.3) is 0 Å². The van der Waals surface area contributed by atoms with Gasteiger partial charge in [-0.25, -0.2) is 0 Å². The zero-order valence-electron chi connectivity index (χ0n) is 45.1. The Hall–Kier alpha value is -6.50. The van der Waals surface area contributed by atoms with Crippen LogP contribution in [-0.2, 0) is 35.7 Å². The van der Waals surface area contributed by atoms with E-state index in [1.54, 1.807) is 0 Å². The molecule has 12 aromatic rings. The first-order chi connectivity index (χ1) is 39.1. The maximum absolute atomic E-state index is 11.3. The monoisotopic (exact) mass is 1080 g/mol. The van der Waals surface area contributed by atoms with Gasteiger partial charge < -0.3 is 38.0 Å². The van der Waals surface area contributed by atoms with E-state index in [1.807, 2.05) is 23.5 Å². The van der Waals surface area contributed by atoms with Crippen LogP contribution >= 0.6 is 23.5 Å². The maximum atomic E-state index is 11.3. The fourth-order valence-electron chi connectivity index (χ4n) is 12.3. The summed E-state index contributed by atoms with van der Waals surface area (Å²) in [6.45, 7) is 3.28. The zero-order chi connectivity index (χ0) is 53.3. The SMILES string of the molecule is OC(COC(Cn1c2ccccc2c2ccccc21)Cn1c2ccccc2c2ccccc21)CSCCCCCCCCCSCC(O)COC(Cn1c2ccccc2c2ccccc21)Cn1c2ccccc2c2ccccc21. The second kappa shape index (κ2) is 25.3. The fraction of sp³-hybridized carbons (Fsp3) is 0.304. The molecule has 0 amide bonds. The summed E-state index contributed by atoms with van der Waals surface area (Å²) >= 11 is 3.69. The summed E-state index contributed by atoms with van der Waals surface area (Å²) in [5.41, 5.74) is 9.61. The van der Waals surface area contributed by atoms with Crippen LogP contribution in [0.5, 0.6) is 0 Å². The molecule has 0 aliphatic heterocycles. The number of thioether (sulfide) groups is 2. The van der Waals surface area contributed by atoms with E-state index in [4.69, 9.17) is 9.47 Å². The molecule has 2 N–H and O–H groups in total. The number of hydrogen-bond donors (Lipinski definition) is 2. The largest absolute Gasteiger partial charge is 0.390 e. The lowest BCUT2D eigenvalue weighted by molar-refractivity contribution is -0.0139. The number of aromatic nitrogens is 4. The molecule has 0 aliphatic rings. The first-order valence-electron chi connectivity index (χ1n) is 28.7. The molecule has 4 aromatic heterocycles. The normalized spacial score (nSPS) is 13.1. The molecule has 0 fully saturated rings. The van der Waals surface area contributed by atoms with Crippen molar-refractivity contribution in [1.29, 1.82) is 0 Å². The Balaban J connectivity index is 0.573. The highest BCUT2D eigenvalue weighted by Crippen LogP contribution is 2.35. The lowest BCUT2D eigenvalue weighted by Crippen LogP contribution is -2.30. The molecule has 0 saturated carbocycles. The Morgan fingerprint density at radius 3 is 0.722 bits per heavy atom. The molecular formula is C69H72N4O4S2. The summed E-state index contributed by atoms with van der Waals surface area (Å²) in [4.78, 5) is 0. The number of unbranched alkanes of at least 4 members (excludes halogenated alkanes) is 6. The molecule has 10 heteroatoms. The number of fused-ring (bicyclic) bond motifs is 12. The van der Waals surface area contributed by atoms with E-state index in [9.17, 15) is 10.2 Å². The van der Waals surface area contributed by atoms with Crippen LogP contribution < -0.4 is 0 Å². The van der Waals surface area contributed by atoms with Crippen LogP contribution in [0.15, 0.2) is 194 Å². The molecule has 12 rings (SSSR count). The van der Waals surface area contributed by atoms with Crippen molar-refractivity contribution in [3.63, 3.8) is 0 Å². The number of benzene rings is 8. The Morgan fingerprint density at radius 2 is 0.494 bits per heavy atom. The third-order valence-electron chi connectivity index (χ3n) is 16.0. The summed E-state index contributed by atoms with van der Waals surface area (Å²) in [7, 11) is 0. The average molecular weight is 1090 g/mol. The number of hydrogen-bond acceptors (Lipinski definition) is 6. The second-order valence-electron chi connectivity index (χ2n) is 21.4. The number of para-hydroxylation sites is 8. The first-order valence-corrected chi connectivity index (χ1v) is 31.0. The minimum Gasteiger partial charge on any atom is -0.390 e. The molecule has 4 heterocycles. The predicted octanol–water partition coefficient (Wildman–Crippen LogP) is 15.9. The molecule has 0 saturated heterocycles. The fourth-order valence-corrected chi connectivity index (χ4v) is 14.1. The van der Waals surface area contributed by atoms with Crippen LogP contribution in [0.3, 0.4) is 0 Å². The van der Waals surface area contributed by atoms with E-state index < -0.39 is 12.2 Å². The smallest absolute Gasteiger partial charge is 0.0934 e. The highest BCUT2D eigenvalue weighted by atomic mass is 32.2. The third-order valence-corrected chi connectivity index (χ3v) is 18.4. The molecule has 2 atom stereocenters. The number of rotatable bonds is 28. The molecule has 0 aliphatic carbocycles. The van der Waals surface area contributed by atoms with Gasteiger partial charge in [0.15, 0.2) is 0 Å². The quantitative estimate of drug-likeness (QED) is 0.0476. The molecule has 79 heavy (non-hydrogen) atoms. The minimum absolute atomic E-state index is 0.171. The second-order valence-corrected chi connectivity index (χ2v) is 23.7. The maximum Gasteiger partial charge on any atom is 0.0934 e. The van der Waals surface area contributed by atoms with Crippen molar-refractivity contribution < 1.29 is 19.7 Å². The van der Waals surface area contributed by atoms with Gasteiger partial charge in [0.05, 0.1) is 63.8 Å². The Labute approximate surface area is 471 Å². The summed E-state index contributed by atoms with van der Waals surface area (Å²) in [6, 6.07) is 69.3. The van der Waals surface area contributed by atoms with Gasteiger partial charge in [-0.05, 0) is 72.9 Å². The standard InChI is InChI=1S/C69H72N4O4S2/c74-50(46-76-52(42-70-62-32-14-6-24-54(62)55-25-7-15-33-63(55)70)43-71-64-34-16-8-26-56(64)57-27-9-17-35-65(57)71)48-78-40-22-4-2-1-3-5-23-41-79-49-51(75)47-77-53(44-72-66-36-18-10-28-58(66)59-29-11-19-37-67(59)72)45-73-68-38-20-12-30-60(68)61-31-13-21-39-69(61)73/h6-21,24-39,50-53,74-75H,1-5,22-23,40-49H2. The van der Waals surface area contributed by atoms with E-state index in [-0.39, 0.29) is 12.2 Å². The molecular weight excluding hydrogens is 1010 g/mol. The van der Waals surface area contributed by atoms with E-state index in [2.05, 4.69) is 212 Å². The van der Waals surface area contributed by atoms with Crippen molar-refractivity contribution in [2.24, 2.45) is 0 Å². The Morgan fingerprint density at radius 1 is 0.291 bits per heavy atom. The minimum atomic E-state index is -0.540. The number of ether oxygens (including phenoxy) is 2. The lowest BCUT2D eigenvalue weighted by Gasteiger charge is -2.23. The van der Waals surface area contributed by atoms with Crippen molar-refractivity contribution >= 4 is 111 Å². The molecule has 2 unspecified atom stereocenters. The van der Waals surface area contributed by atoms with E-state index in [0.717, 1.165) is 24.3 Å². The lowest BCUT2D eigenvalue weighted by atomic mass is 10.1. The average Bonchev–Trinajstić information content (AvgIpc) is 4.37. The molecule has 0 spiro atoms. The third kappa shape index (κ3) is 11.7. The van der Waals surface area contributed by atoms with Crippen LogP contribution in [0, 0.1) is 0 Å². The topological polar surface area (TPSA) is 78.6 Å². The van der Waals surface area contributed by atoms with Crippen molar-refractivity contribution in [2.75, 3.05) is 36.2 Å². The number of nitrogens with zero attached hydrogens (tertiary/aromatic N) is 4. The number of aliphatic hydroxyl groups is 2. The summed E-state index contributed by atoms with van der Waals surface area (Å²) in [5, 5.41) is 32.6. The van der Waals surface area contributed by atoms with Crippen LogP contribution in [0.25, 0.3) is 87.2 Å². The molecule has 8 aromatic carbocycles. The summed E-state index contributed by atoms with van der Waals surface area (Å²) < 4.78 is 23.2. The van der Waals surface area contributed by atoms with Crippen molar-refractivity contribution in [1.82, 2.24) is 18.3 Å². The van der Waals surface area contributed by atoms with E-state index in [0.29, 0.717) is 50.9 Å². The number of aliphatic hydroxyl groups excluding tert-OH is 2. The summed E-state index contributed by atoms with van der Waals surface area (Å²) in [6.07, 6.45) is 7.07. The van der Waals surface area contributed by atoms with Gasteiger partial charge in [-0.2, -0.15) is 23.5 Å². The summed E-state index contributed by atoms with van der Waals surface area (Å²) in [5.74, 6) is 3.43. The van der Waals surface area contributed by atoms with Gasteiger partial charge in [-0.3, -0.25) is 0 Å². The highest BCUT2D eigenvalue weighted by Gasteiger charge is 2.23. The molecule has 0 radical (unpaired) electrons. The van der Waals surface area contributed by atoms with Gasteiger partial charge in [0.2, 0.25) is 0 Å². The van der Waals surface area contributed by atoms with Crippen LogP contribution in [0.1, 0.15) is 44.9 Å². The van der Waals surface area contributed by atoms with Gasteiger partial charge in [-0.15, -0.1) is 0 Å². The van der Waals surface area contributed by atoms with E-state index in [1.165, 1.54) is 119 Å². The predicted molar refractivity (Wildman–Crippen MR) is 336 cm³/mol. The van der Waals surface area contributed by atoms with Crippen molar-refractivity contribution in [3.05, 3.63) is 194 Å². The Kier molecular flexibility index (Phi) is 17.0. The zero-order valence-corrected chi connectivity index (χ0v) is 46.8. The molecule has 404 valence electrons. The van der Waals surface area contributed by atoms with Gasteiger partial charge in [0, 0.05) is 98.7 Å². The first kappa shape index (κ1) is 53.2.